The van der Waals surface area contributed by atoms with Crippen molar-refractivity contribution in [1.29, 1.82) is 0 Å². The van der Waals surface area contributed by atoms with Gasteiger partial charge in [-0.05, 0) is 54.4 Å². The fourth-order valence-corrected chi connectivity index (χ4v) is 2.72. The standard InChI is InChI=1S/C23H20FN3O5/c1-2-31-22-12-17(8-11-21(22)32-15-16-6-9-19(24)10-7-16)14-25-26-23(28)18-4-3-5-20(13-18)27(29)30/h3-14H,2,15H2,1H3,(H,26,28)/b25-14-. The lowest BCUT2D eigenvalue weighted by Gasteiger charge is -2.12. The maximum absolute atomic E-state index is 13.0. The number of halogens is 1. The van der Waals surface area contributed by atoms with E-state index >= 15 is 0 Å². The van der Waals surface area contributed by atoms with Crippen molar-refractivity contribution in [1.82, 2.24) is 5.43 Å². The minimum Gasteiger partial charge on any atom is -0.490 e. The van der Waals surface area contributed by atoms with Crippen molar-refractivity contribution in [3.8, 4) is 11.5 Å². The molecule has 0 aliphatic rings. The van der Waals surface area contributed by atoms with Crippen LogP contribution in [-0.2, 0) is 6.61 Å². The summed E-state index contributed by atoms with van der Waals surface area (Å²) in [4.78, 5) is 22.4. The summed E-state index contributed by atoms with van der Waals surface area (Å²) in [5, 5.41) is 14.7. The molecule has 0 atom stereocenters. The summed E-state index contributed by atoms with van der Waals surface area (Å²) in [5.41, 5.74) is 3.73. The molecule has 8 nitrogen and oxygen atoms in total. The van der Waals surface area contributed by atoms with Crippen LogP contribution in [0.3, 0.4) is 0 Å². The SMILES string of the molecule is CCOc1cc(/C=N\NC(=O)c2cccc([N+](=O)[O-])c2)ccc1OCc1ccc(F)cc1. The normalized spacial score (nSPS) is 10.7. The van der Waals surface area contributed by atoms with Crippen molar-refractivity contribution in [2.75, 3.05) is 6.61 Å². The fourth-order valence-electron chi connectivity index (χ4n) is 2.72. The molecule has 1 N–H and O–H groups in total. The highest BCUT2D eigenvalue weighted by Gasteiger charge is 2.11. The van der Waals surface area contributed by atoms with Gasteiger partial charge in [0.2, 0.25) is 0 Å². The molecular weight excluding hydrogens is 417 g/mol. The van der Waals surface area contributed by atoms with E-state index < -0.39 is 10.8 Å². The van der Waals surface area contributed by atoms with Gasteiger partial charge in [0, 0.05) is 17.7 Å². The number of nitro benzene ring substituents is 1. The molecule has 3 rings (SSSR count). The molecule has 0 radical (unpaired) electrons. The summed E-state index contributed by atoms with van der Waals surface area (Å²) in [6, 6.07) is 16.5. The molecule has 0 aliphatic heterocycles. The maximum atomic E-state index is 13.0. The molecule has 0 aromatic heterocycles. The van der Waals surface area contributed by atoms with Crippen LogP contribution in [-0.4, -0.2) is 23.7 Å². The molecule has 0 unspecified atom stereocenters. The molecule has 1 amide bonds. The molecule has 3 aromatic carbocycles. The van der Waals surface area contributed by atoms with Crippen LogP contribution in [0.4, 0.5) is 10.1 Å². The molecule has 3 aromatic rings. The summed E-state index contributed by atoms with van der Waals surface area (Å²) >= 11 is 0. The van der Waals surface area contributed by atoms with E-state index in [4.69, 9.17) is 9.47 Å². The Bertz CT molecular complexity index is 1130. The lowest BCUT2D eigenvalue weighted by molar-refractivity contribution is -0.384. The number of nitrogens with one attached hydrogen (secondary N) is 1. The highest BCUT2D eigenvalue weighted by atomic mass is 19.1. The van der Waals surface area contributed by atoms with E-state index in [2.05, 4.69) is 10.5 Å². The van der Waals surface area contributed by atoms with Gasteiger partial charge in [0.25, 0.3) is 11.6 Å². The van der Waals surface area contributed by atoms with Crippen LogP contribution in [0, 0.1) is 15.9 Å². The van der Waals surface area contributed by atoms with Crippen molar-refractivity contribution in [3.05, 3.63) is 99.4 Å². The number of nitrogens with zero attached hydrogens (tertiary/aromatic N) is 2. The molecule has 0 heterocycles. The number of carbonyl (C=O) groups excluding carboxylic acids is 1. The Morgan fingerprint density at radius 1 is 1.09 bits per heavy atom. The molecule has 0 fully saturated rings. The van der Waals surface area contributed by atoms with Gasteiger partial charge in [0.1, 0.15) is 12.4 Å². The van der Waals surface area contributed by atoms with Crippen molar-refractivity contribution in [2.24, 2.45) is 5.10 Å². The predicted octanol–water partition coefficient (Wildman–Crippen LogP) is 4.48. The van der Waals surface area contributed by atoms with Crippen LogP contribution in [0.2, 0.25) is 0 Å². The molecule has 0 saturated heterocycles. The third kappa shape index (κ3) is 6.11. The zero-order valence-corrected chi connectivity index (χ0v) is 17.2. The van der Waals surface area contributed by atoms with E-state index in [1.165, 1.54) is 42.6 Å². The number of benzene rings is 3. The van der Waals surface area contributed by atoms with Gasteiger partial charge in [-0.25, -0.2) is 9.82 Å². The number of hydrogen-bond donors (Lipinski definition) is 1. The summed E-state index contributed by atoms with van der Waals surface area (Å²) in [7, 11) is 0. The lowest BCUT2D eigenvalue weighted by atomic mass is 10.2. The average molecular weight is 437 g/mol. The molecule has 9 heteroatoms. The van der Waals surface area contributed by atoms with Gasteiger partial charge >= 0.3 is 0 Å². The molecule has 0 saturated carbocycles. The first-order valence-corrected chi connectivity index (χ1v) is 9.68. The third-order valence-electron chi connectivity index (χ3n) is 4.27. The number of hydrazone groups is 1. The Balaban J connectivity index is 1.65. The van der Waals surface area contributed by atoms with E-state index in [-0.39, 0.29) is 23.7 Å². The van der Waals surface area contributed by atoms with Gasteiger partial charge in [-0.2, -0.15) is 5.10 Å². The summed E-state index contributed by atoms with van der Waals surface area (Å²) in [6.07, 6.45) is 1.42. The van der Waals surface area contributed by atoms with Gasteiger partial charge in [0.15, 0.2) is 11.5 Å². The molecular formula is C23H20FN3O5. The van der Waals surface area contributed by atoms with E-state index in [0.717, 1.165) is 5.56 Å². The molecule has 0 aliphatic carbocycles. The summed E-state index contributed by atoms with van der Waals surface area (Å²) in [6.45, 7) is 2.49. The van der Waals surface area contributed by atoms with Gasteiger partial charge < -0.3 is 9.47 Å². The molecule has 0 bridgehead atoms. The number of carbonyl (C=O) groups is 1. The molecule has 32 heavy (non-hydrogen) atoms. The van der Waals surface area contributed by atoms with E-state index in [9.17, 15) is 19.3 Å². The number of hydrogen-bond acceptors (Lipinski definition) is 6. The van der Waals surface area contributed by atoms with Gasteiger partial charge in [-0.15, -0.1) is 0 Å². The van der Waals surface area contributed by atoms with E-state index in [1.54, 1.807) is 30.3 Å². The Kier molecular flexibility index (Phi) is 7.47. The van der Waals surface area contributed by atoms with Crippen LogP contribution < -0.4 is 14.9 Å². The predicted molar refractivity (Wildman–Crippen MR) is 116 cm³/mol. The van der Waals surface area contributed by atoms with Crippen molar-refractivity contribution in [2.45, 2.75) is 13.5 Å². The third-order valence-corrected chi connectivity index (χ3v) is 4.27. The fraction of sp³-hybridized carbons (Fsp3) is 0.130. The highest BCUT2D eigenvalue weighted by molar-refractivity contribution is 5.95. The average Bonchev–Trinajstić information content (AvgIpc) is 2.80. The van der Waals surface area contributed by atoms with Crippen molar-refractivity contribution >= 4 is 17.8 Å². The van der Waals surface area contributed by atoms with Gasteiger partial charge in [-0.1, -0.05) is 18.2 Å². The van der Waals surface area contributed by atoms with Crippen LogP contribution in [0.1, 0.15) is 28.4 Å². The van der Waals surface area contributed by atoms with Crippen molar-refractivity contribution in [3.63, 3.8) is 0 Å². The zero-order chi connectivity index (χ0) is 22.9. The first kappa shape index (κ1) is 22.4. The quantitative estimate of drug-likeness (QED) is 0.302. The summed E-state index contributed by atoms with van der Waals surface area (Å²) < 4.78 is 24.4. The van der Waals surface area contributed by atoms with Crippen LogP contribution in [0.5, 0.6) is 11.5 Å². The second-order valence-corrected chi connectivity index (χ2v) is 6.56. The first-order valence-electron chi connectivity index (χ1n) is 9.68. The number of ether oxygens (including phenoxy) is 2. The Morgan fingerprint density at radius 3 is 2.59 bits per heavy atom. The van der Waals surface area contributed by atoms with E-state index in [1.807, 2.05) is 6.92 Å². The largest absolute Gasteiger partial charge is 0.490 e. The van der Waals surface area contributed by atoms with Crippen LogP contribution in [0.15, 0.2) is 71.8 Å². The second-order valence-electron chi connectivity index (χ2n) is 6.56. The minimum atomic E-state index is -0.575. The minimum absolute atomic E-state index is 0.121. The smallest absolute Gasteiger partial charge is 0.271 e. The van der Waals surface area contributed by atoms with Crippen LogP contribution in [0.25, 0.3) is 0 Å². The second kappa shape index (κ2) is 10.7. The topological polar surface area (TPSA) is 103 Å². The maximum Gasteiger partial charge on any atom is 0.271 e. The number of non-ortho nitro benzene ring substituents is 1. The highest BCUT2D eigenvalue weighted by Crippen LogP contribution is 2.29. The van der Waals surface area contributed by atoms with E-state index in [0.29, 0.717) is 23.7 Å². The number of amides is 1. The van der Waals surface area contributed by atoms with Crippen LogP contribution >= 0.6 is 0 Å². The Hall–Kier alpha value is -4.27. The zero-order valence-electron chi connectivity index (χ0n) is 17.2. The van der Waals surface area contributed by atoms with Crippen molar-refractivity contribution < 1.29 is 23.6 Å². The Morgan fingerprint density at radius 2 is 1.88 bits per heavy atom. The Labute approximate surface area is 183 Å². The lowest BCUT2D eigenvalue weighted by Crippen LogP contribution is -2.17. The molecule has 164 valence electrons. The summed E-state index contributed by atoms with van der Waals surface area (Å²) in [5.74, 6) is 0.108. The van der Waals surface area contributed by atoms with Gasteiger partial charge in [-0.3, -0.25) is 14.9 Å². The van der Waals surface area contributed by atoms with Gasteiger partial charge in [0.05, 0.1) is 17.7 Å². The molecule has 0 spiro atoms. The number of rotatable bonds is 9. The number of nitro groups is 1. The monoisotopic (exact) mass is 437 g/mol. The first-order chi connectivity index (χ1) is 15.5.